The van der Waals surface area contributed by atoms with E-state index in [1.807, 2.05) is 73.7 Å². The highest BCUT2D eigenvalue weighted by atomic mass is 16.2. The van der Waals surface area contributed by atoms with Gasteiger partial charge in [0.15, 0.2) is 0 Å². The van der Waals surface area contributed by atoms with Crippen LogP contribution in [-0.2, 0) is 9.59 Å². The molecule has 1 aliphatic heterocycles. The zero-order valence-corrected chi connectivity index (χ0v) is 18.8. The summed E-state index contributed by atoms with van der Waals surface area (Å²) in [6.45, 7) is 4.33. The van der Waals surface area contributed by atoms with E-state index < -0.39 is 5.92 Å². The molecule has 6 heteroatoms. The van der Waals surface area contributed by atoms with Crippen LogP contribution in [-0.4, -0.2) is 37.4 Å². The van der Waals surface area contributed by atoms with Crippen molar-refractivity contribution in [2.45, 2.75) is 13.8 Å². The molecule has 3 aromatic rings. The summed E-state index contributed by atoms with van der Waals surface area (Å²) in [4.78, 5) is 44.9. The monoisotopic (exact) mass is 441 g/mol. The maximum Gasteiger partial charge on any atom is 0.258 e. The molecule has 33 heavy (non-hydrogen) atoms. The minimum Gasteiger partial charge on any atom is -0.311 e. The van der Waals surface area contributed by atoms with Gasteiger partial charge in [-0.1, -0.05) is 55.5 Å². The van der Waals surface area contributed by atoms with Crippen molar-refractivity contribution in [1.29, 1.82) is 0 Å². The van der Waals surface area contributed by atoms with Crippen LogP contribution >= 0.6 is 0 Å². The van der Waals surface area contributed by atoms with Crippen molar-refractivity contribution in [3.05, 3.63) is 90.5 Å². The summed E-state index contributed by atoms with van der Waals surface area (Å²) >= 11 is 0. The molecular weight excluding hydrogens is 414 g/mol. The van der Waals surface area contributed by atoms with Gasteiger partial charge >= 0.3 is 0 Å². The molecule has 1 unspecified atom stereocenters. The number of nitrogens with zero attached hydrogens (tertiary/aromatic N) is 3. The van der Waals surface area contributed by atoms with Crippen LogP contribution in [0.25, 0.3) is 0 Å². The highest BCUT2D eigenvalue weighted by Crippen LogP contribution is 2.35. The molecule has 6 nitrogen and oxygen atoms in total. The van der Waals surface area contributed by atoms with Gasteiger partial charge in [0.25, 0.3) is 5.91 Å². The number of hydrogen-bond donors (Lipinski definition) is 0. The first kappa shape index (κ1) is 22.3. The second kappa shape index (κ2) is 9.69. The second-order valence-electron chi connectivity index (χ2n) is 8.07. The number of rotatable bonds is 5. The average molecular weight is 442 g/mol. The molecule has 0 saturated heterocycles. The average Bonchev–Trinajstić information content (AvgIpc) is 2.96. The van der Waals surface area contributed by atoms with Gasteiger partial charge in [-0.2, -0.15) is 0 Å². The Morgan fingerprint density at radius 1 is 0.879 bits per heavy atom. The Hall–Kier alpha value is -3.93. The van der Waals surface area contributed by atoms with E-state index in [2.05, 4.69) is 0 Å². The molecule has 168 valence electrons. The van der Waals surface area contributed by atoms with E-state index in [1.54, 1.807) is 34.9 Å². The molecule has 0 aliphatic carbocycles. The Morgan fingerprint density at radius 2 is 1.45 bits per heavy atom. The molecule has 0 radical (unpaired) electrons. The van der Waals surface area contributed by atoms with Gasteiger partial charge < -0.3 is 14.7 Å². The largest absolute Gasteiger partial charge is 0.311 e. The lowest BCUT2D eigenvalue weighted by Gasteiger charge is -2.28. The normalized spacial score (nSPS) is 15.6. The Balaban J connectivity index is 1.70. The number of benzene rings is 3. The third kappa shape index (κ3) is 4.51. The number of carbonyl (C=O) groups excluding carboxylic acids is 3. The Morgan fingerprint density at radius 3 is 2.09 bits per heavy atom. The number of carbonyl (C=O) groups is 3. The number of likely N-dealkylation sites (N-methyl/N-ethyl adjacent to an activating group) is 1. The van der Waals surface area contributed by atoms with Gasteiger partial charge in [-0.05, 0) is 43.3 Å². The van der Waals surface area contributed by atoms with Gasteiger partial charge in [-0.3, -0.25) is 14.4 Å². The molecule has 1 heterocycles. The van der Waals surface area contributed by atoms with Crippen molar-refractivity contribution in [1.82, 2.24) is 0 Å². The Kier molecular flexibility index (Phi) is 6.54. The van der Waals surface area contributed by atoms with Gasteiger partial charge in [-0.15, -0.1) is 0 Å². The standard InChI is InChI=1S/C27H27N3O3/c1-3-28(22-14-8-5-9-15-22)25(31)19-30-24-17-11-10-16-23(24)29(18-20(2)26(30)32)27(33)21-12-6-4-7-13-21/h4-17,20H,3,18-19H2,1-2H3. The first-order valence-electron chi connectivity index (χ1n) is 11.1. The van der Waals surface area contributed by atoms with Gasteiger partial charge in [0, 0.05) is 24.3 Å². The van der Waals surface area contributed by atoms with E-state index in [0.717, 1.165) is 5.69 Å². The van der Waals surface area contributed by atoms with Crippen molar-refractivity contribution >= 4 is 34.8 Å². The fourth-order valence-corrected chi connectivity index (χ4v) is 4.18. The van der Waals surface area contributed by atoms with Crippen LogP contribution in [0.3, 0.4) is 0 Å². The van der Waals surface area contributed by atoms with Crippen LogP contribution in [0, 0.1) is 5.92 Å². The van der Waals surface area contributed by atoms with Crippen LogP contribution < -0.4 is 14.7 Å². The van der Waals surface area contributed by atoms with Gasteiger partial charge in [0.05, 0.1) is 17.3 Å². The van der Waals surface area contributed by atoms with E-state index in [9.17, 15) is 14.4 Å². The Bertz CT molecular complexity index is 1150. The predicted octanol–water partition coefficient (Wildman–Crippen LogP) is 4.37. The summed E-state index contributed by atoms with van der Waals surface area (Å²) in [5.41, 5.74) is 2.53. The maximum atomic E-state index is 13.4. The highest BCUT2D eigenvalue weighted by molar-refractivity contribution is 6.13. The van der Waals surface area contributed by atoms with Gasteiger partial charge in [-0.25, -0.2) is 0 Å². The van der Waals surface area contributed by atoms with Gasteiger partial charge in [0.1, 0.15) is 6.54 Å². The molecule has 3 amide bonds. The summed E-state index contributed by atoms with van der Waals surface area (Å²) in [6, 6.07) is 25.7. The van der Waals surface area contributed by atoms with Crippen LogP contribution in [0.1, 0.15) is 24.2 Å². The first-order valence-corrected chi connectivity index (χ1v) is 11.1. The van der Waals surface area contributed by atoms with Crippen molar-refractivity contribution < 1.29 is 14.4 Å². The van der Waals surface area contributed by atoms with Crippen molar-refractivity contribution in [3.63, 3.8) is 0 Å². The molecule has 1 aliphatic rings. The SMILES string of the molecule is CCN(C(=O)CN1C(=O)C(C)CN(C(=O)c2ccccc2)c2ccccc21)c1ccccc1. The third-order valence-corrected chi connectivity index (χ3v) is 5.85. The number of anilines is 3. The number of hydrogen-bond acceptors (Lipinski definition) is 3. The van der Waals surface area contributed by atoms with Crippen LogP contribution in [0.5, 0.6) is 0 Å². The summed E-state index contributed by atoms with van der Waals surface area (Å²) < 4.78 is 0. The lowest BCUT2D eigenvalue weighted by atomic mass is 10.1. The predicted molar refractivity (Wildman–Crippen MR) is 131 cm³/mol. The fraction of sp³-hybridized carbons (Fsp3) is 0.222. The summed E-state index contributed by atoms with van der Waals surface area (Å²) in [6.07, 6.45) is 0. The molecule has 0 spiro atoms. The molecule has 0 bridgehead atoms. The minimum atomic E-state index is -0.468. The molecule has 0 aromatic heterocycles. The van der Waals surface area contributed by atoms with Crippen molar-refractivity contribution in [2.24, 2.45) is 5.92 Å². The molecule has 1 atom stereocenters. The molecule has 0 N–H and O–H groups in total. The topological polar surface area (TPSA) is 60.9 Å². The van der Waals surface area contributed by atoms with Gasteiger partial charge in [0.2, 0.25) is 11.8 Å². The van der Waals surface area contributed by atoms with E-state index in [0.29, 0.717) is 23.5 Å². The highest BCUT2D eigenvalue weighted by Gasteiger charge is 2.35. The quantitative estimate of drug-likeness (QED) is 0.591. The number of fused-ring (bicyclic) bond motifs is 1. The van der Waals surface area contributed by atoms with Crippen LogP contribution in [0.2, 0.25) is 0 Å². The zero-order valence-electron chi connectivity index (χ0n) is 18.8. The second-order valence-corrected chi connectivity index (χ2v) is 8.07. The Labute approximate surface area is 194 Å². The van der Waals surface area contributed by atoms with E-state index in [4.69, 9.17) is 0 Å². The molecule has 0 fully saturated rings. The fourth-order valence-electron chi connectivity index (χ4n) is 4.18. The summed E-state index contributed by atoms with van der Waals surface area (Å²) in [5, 5.41) is 0. The molecule has 4 rings (SSSR count). The zero-order chi connectivity index (χ0) is 23.4. The summed E-state index contributed by atoms with van der Waals surface area (Å²) in [7, 11) is 0. The molecule has 0 saturated carbocycles. The van der Waals surface area contributed by atoms with Crippen molar-refractivity contribution in [2.75, 3.05) is 34.3 Å². The van der Waals surface area contributed by atoms with E-state index in [1.165, 1.54) is 4.90 Å². The van der Waals surface area contributed by atoms with E-state index >= 15 is 0 Å². The first-order chi connectivity index (χ1) is 16.0. The minimum absolute atomic E-state index is 0.101. The number of para-hydroxylation sites is 3. The van der Waals surface area contributed by atoms with Crippen LogP contribution in [0.4, 0.5) is 17.1 Å². The lowest BCUT2D eigenvalue weighted by molar-refractivity contribution is -0.124. The maximum absolute atomic E-state index is 13.4. The smallest absolute Gasteiger partial charge is 0.258 e. The molecular formula is C27H27N3O3. The third-order valence-electron chi connectivity index (χ3n) is 5.85. The van der Waals surface area contributed by atoms with E-state index in [-0.39, 0.29) is 30.8 Å². The van der Waals surface area contributed by atoms with Crippen molar-refractivity contribution in [3.8, 4) is 0 Å². The van der Waals surface area contributed by atoms with Crippen LogP contribution in [0.15, 0.2) is 84.9 Å². The summed E-state index contributed by atoms with van der Waals surface area (Å²) in [5.74, 6) is -0.995. The number of amides is 3. The molecule has 3 aromatic carbocycles. The lowest BCUT2D eigenvalue weighted by Crippen LogP contribution is -2.45.